The number of nitro benzene ring substituents is 1. The molecule has 1 unspecified atom stereocenters. The van der Waals surface area contributed by atoms with Crippen LogP contribution in [0.5, 0.6) is 0 Å². The summed E-state index contributed by atoms with van der Waals surface area (Å²) in [6.45, 7) is 0.791. The quantitative estimate of drug-likeness (QED) is 0.423. The second-order valence-corrected chi connectivity index (χ2v) is 7.65. The number of nitrogens with zero attached hydrogens (tertiary/aromatic N) is 3. The summed E-state index contributed by atoms with van der Waals surface area (Å²) < 4.78 is 6.48. The number of carbonyl (C=O) groups is 1. The van der Waals surface area contributed by atoms with Crippen LogP contribution in [0.2, 0.25) is 0 Å². The lowest BCUT2D eigenvalue weighted by atomic mass is 10.1. The molecular formula is C19H22N4O5S. The van der Waals surface area contributed by atoms with Gasteiger partial charge >= 0.3 is 5.76 Å². The fourth-order valence-electron chi connectivity index (χ4n) is 3.14. The number of aryl methyl sites for hydroxylation is 1. The van der Waals surface area contributed by atoms with Crippen molar-refractivity contribution in [1.29, 1.82) is 0 Å². The van der Waals surface area contributed by atoms with Crippen LogP contribution in [0, 0.1) is 10.1 Å². The Hall–Kier alpha value is -2.98. The zero-order valence-corrected chi connectivity index (χ0v) is 17.0. The van der Waals surface area contributed by atoms with Crippen molar-refractivity contribution in [2.45, 2.75) is 25.4 Å². The molecule has 2 heterocycles. The van der Waals surface area contributed by atoms with E-state index in [0.29, 0.717) is 25.0 Å². The first-order valence-electron chi connectivity index (χ1n) is 9.10. The highest BCUT2D eigenvalue weighted by atomic mass is 32.1. The third kappa shape index (κ3) is 4.90. The summed E-state index contributed by atoms with van der Waals surface area (Å²) in [6, 6.07) is 6.18. The number of nitrogens with one attached hydrogen (secondary N) is 1. The Kier molecular flexibility index (Phi) is 6.45. The lowest BCUT2D eigenvalue weighted by molar-refractivity contribution is -0.384. The molecule has 3 rings (SSSR count). The van der Waals surface area contributed by atoms with Crippen molar-refractivity contribution in [3.63, 3.8) is 0 Å². The number of thiophene rings is 1. The summed E-state index contributed by atoms with van der Waals surface area (Å²) in [4.78, 5) is 36.6. The Morgan fingerprint density at radius 3 is 2.83 bits per heavy atom. The maximum atomic E-state index is 12.2. The Morgan fingerprint density at radius 1 is 1.38 bits per heavy atom. The van der Waals surface area contributed by atoms with E-state index in [-0.39, 0.29) is 29.6 Å². The van der Waals surface area contributed by atoms with Crippen LogP contribution in [0.15, 0.2) is 44.2 Å². The van der Waals surface area contributed by atoms with Gasteiger partial charge in [0, 0.05) is 25.6 Å². The predicted molar refractivity (Wildman–Crippen MR) is 110 cm³/mol. The molecule has 10 heteroatoms. The van der Waals surface area contributed by atoms with Crippen LogP contribution in [0.3, 0.4) is 0 Å². The molecule has 3 aromatic rings. The molecule has 2 aromatic heterocycles. The average Bonchev–Trinajstić information content (AvgIpc) is 3.29. The summed E-state index contributed by atoms with van der Waals surface area (Å²) in [6.07, 6.45) is 0.707. The van der Waals surface area contributed by atoms with Crippen LogP contribution in [-0.4, -0.2) is 40.9 Å². The average molecular weight is 418 g/mol. The molecule has 0 saturated carbocycles. The van der Waals surface area contributed by atoms with E-state index in [1.807, 2.05) is 25.5 Å². The van der Waals surface area contributed by atoms with Gasteiger partial charge in [-0.2, -0.15) is 11.3 Å². The van der Waals surface area contributed by atoms with E-state index in [0.717, 1.165) is 5.56 Å². The molecule has 0 fully saturated rings. The van der Waals surface area contributed by atoms with E-state index in [2.05, 4.69) is 15.6 Å². The maximum Gasteiger partial charge on any atom is 0.419 e. The first-order valence-corrected chi connectivity index (χ1v) is 10.0. The molecule has 1 atom stereocenters. The number of fused-ring (bicyclic) bond motifs is 1. The summed E-state index contributed by atoms with van der Waals surface area (Å²) in [5, 5.41) is 17.9. The number of rotatable bonds is 9. The molecule has 29 heavy (non-hydrogen) atoms. The van der Waals surface area contributed by atoms with E-state index >= 15 is 0 Å². The first-order chi connectivity index (χ1) is 13.9. The van der Waals surface area contributed by atoms with Crippen LogP contribution in [0.4, 0.5) is 5.69 Å². The molecule has 1 aromatic carbocycles. The topological polar surface area (TPSA) is 111 Å². The number of nitro groups is 1. The van der Waals surface area contributed by atoms with E-state index < -0.39 is 10.7 Å². The molecule has 0 aliphatic heterocycles. The molecule has 1 N–H and O–H groups in total. The van der Waals surface area contributed by atoms with Gasteiger partial charge in [0.1, 0.15) is 0 Å². The summed E-state index contributed by atoms with van der Waals surface area (Å²) >= 11 is 1.62. The molecule has 0 aliphatic carbocycles. The Morgan fingerprint density at radius 2 is 2.17 bits per heavy atom. The lowest BCUT2D eigenvalue weighted by Gasteiger charge is -2.24. The predicted octanol–water partition coefficient (Wildman–Crippen LogP) is 2.76. The highest BCUT2D eigenvalue weighted by Crippen LogP contribution is 2.21. The molecule has 0 bridgehead atoms. The fraction of sp³-hybridized carbons (Fsp3) is 0.368. The van der Waals surface area contributed by atoms with Crippen molar-refractivity contribution in [1.82, 2.24) is 14.8 Å². The van der Waals surface area contributed by atoms with Gasteiger partial charge in [-0.15, -0.1) is 0 Å². The van der Waals surface area contributed by atoms with Crippen molar-refractivity contribution in [3.05, 3.63) is 61.3 Å². The van der Waals surface area contributed by atoms with Crippen LogP contribution < -0.4 is 11.1 Å². The van der Waals surface area contributed by atoms with E-state index in [4.69, 9.17) is 4.42 Å². The standard InChI is InChI=1S/C19H22N4O5S/c1-21(2)16(13-7-9-29-12-13)11-20-18(24)4-3-8-22-15-6-5-14(23(26)27)10-17(15)28-19(22)25/h5-7,9-10,12,16H,3-4,8,11H2,1-2H3,(H,20,24). The monoisotopic (exact) mass is 418 g/mol. The molecular weight excluding hydrogens is 396 g/mol. The van der Waals surface area contributed by atoms with E-state index in [1.165, 1.54) is 22.8 Å². The van der Waals surface area contributed by atoms with Gasteiger partial charge in [-0.25, -0.2) is 4.79 Å². The van der Waals surface area contributed by atoms with Gasteiger partial charge in [0.15, 0.2) is 5.58 Å². The molecule has 1 amide bonds. The first kappa shape index (κ1) is 20.7. The fourth-order valence-corrected chi connectivity index (χ4v) is 3.85. The molecule has 9 nitrogen and oxygen atoms in total. The molecule has 154 valence electrons. The van der Waals surface area contributed by atoms with Gasteiger partial charge in [0.2, 0.25) is 5.91 Å². The number of amides is 1. The van der Waals surface area contributed by atoms with Gasteiger partial charge < -0.3 is 14.6 Å². The number of hydrogen-bond donors (Lipinski definition) is 1. The van der Waals surface area contributed by atoms with Crippen LogP contribution in [-0.2, 0) is 11.3 Å². The smallest absolute Gasteiger partial charge is 0.407 e. The normalized spacial score (nSPS) is 12.4. The van der Waals surface area contributed by atoms with Gasteiger partial charge in [0.05, 0.1) is 22.5 Å². The van der Waals surface area contributed by atoms with Crippen molar-refractivity contribution < 1.29 is 14.1 Å². The van der Waals surface area contributed by atoms with E-state index in [1.54, 1.807) is 11.3 Å². The number of oxazole rings is 1. The molecule has 0 saturated heterocycles. The SMILES string of the molecule is CN(C)C(CNC(=O)CCCn1c(=O)oc2cc([N+](=O)[O-])ccc21)c1ccsc1. The van der Waals surface area contributed by atoms with Gasteiger partial charge in [-0.3, -0.25) is 19.5 Å². The minimum absolute atomic E-state index is 0.0939. The van der Waals surface area contributed by atoms with Crippen LogP contribution in [0.25, 0.3) is 11.1 Å². The second kappa shape index (κ2) is 9.01. The number of non-ortho nitro benzene ring substituents is 1. The minimum atomic E-state index is -0.592. The van der Waals surface area contributed by atoms with Gasteiger partial charge in [-0.1, -0.05) is 0 Å². The Bertz CT molecular complexity index is 1050. The number of likely N-dealkylation sites (N-methyl/N-ethyl adjacent to an activating group) is 1. The highest BCUT2D eigenvalue weighted by Gasteiger charge is 2.17. The summed E-state index contributed by atoms with van der Waals surface area (Å²) in [7, 11) is 3.94. The second-order valence-electron chi connectivity index (χ2n) is 6.87. The number of carbonyl (C=O) groups excluding carboxylic acids is 1. The summed E-state index contributed by atoms with van der Waals surface area (Å²) in [5.41, 5.74) is 1.66. The van der Waals surface area contributed by atoms with Crippen LogP contribution in [0.1, 0.15) is 24.4 Å². The van der Waals surface area contributed by atoms with Crippen molar-refractivity contribution in [3.8, 4) is 0 Å². The van der Waals surface area contributed by atoms with Crippen molar-refractivity contribution in [2.24, 2.45) is 0 Å². The third-order valence-corrected chi connectivity index (χ3v) is 5.39. The van der Waals surface area contributed by atoms with Gasteiger partial charge in [0.25, 0.3) is 5.69 Å². The number of hydrogen-bond acceptors (Lipinski definition) is 7. The zero-order chi connectivity index (χ0) is 21.0. The van der Waals surface area contributed by atoms with Gasteiger partial charge in [-0.05, 0) is 49.0 Å². The van der Waals surface area contributed by atoms with Crippen molar-refractivity contribution in [2.75, 3.05) is 20.6 Å². The highest BCUT2D eigenvalue weighted by molar-refractivity contribution is 7.07. The van der Waals surface area contributed by atoms with Crippen LogP contribution >= 0.6 is 11.3 Å². The lowest BCUT2D eigenvalue weighted by Crippen LogP contribution is -2.34. The van der Waals surface area contributed by atoms with Crippen molar-refractivity contribution >= 4 is 34.0 Å². The zero-order valence-electron chi connectivity index (χ0n) is 16.2. The molecule has 0 spiro atoms. The molecule has 0 aliphatic rings. The number of benzene rings is 1. The number of aromatic nitrogens is 1. The molecule has 0 radical (unpaired) electrons. The maximum absolute atomic E-state index is 12.2. The minimum Gasteiger partial charge on any atom is -0.407 e. The van der Waals surface area contributed by atoms with E-state index in [9.17, 15) is 19.7 Å². The largest absolute Gasteiger partial charge is 0.419 e. The third-order valence-electron chi connectivity index (χ3n) is 4.69. The Balaban J connectivity index is 1.56. The summed E-state index contributed by atoms with van der Waals surface area (Å²) in [5.74, 6) is -0.686. The Labute approximate surface area is 170 Å².